The number of nitrogens with zero attached hydrogens (tertiary/aromatic N) is 1. The van der Waals surface area contributed by atoms with Crippen LogP contribution in [0.25, 0.3) is 0 Å². The van der Waals surface area contributed by atoms with Crippen molar-refractivity contribution >= 4 is 0 Å². The minimum Gasteiger partial charge on any atom is -0.325 e. The Morgan fingerprint density at radius 1 is 1.43 bits per heavy atom. The average Bonchev–Trinajstić information content (AvgIpc) is 2.01. The van der Waals surface area contributed by atoms with Gasteiger partial charge < -0.3 is 5.73 Å². The molecule has 1 rings (SSSR count). The lowest BCUT2D eigenvalue weighted by molar-refractivity contribution is 0.512. The van der Waals surface area contributed by atoms with E-state index in [1.807, 2.05) is 26.2 Å². The Morgan fingerprint density at radius 2 is 2.07 bits per heavy atom. The van der Waals surface area contributed by atoms with E-state index in [0.717, 1.165) is 6.42 Å². The SMILES string of the molecule is CC(C)c1ccncc1CC(C)(C)N. The molecule has 0 aliphatic carbocycles. The molecule has 0 fully saturated rings. The fourth-order valence-corrected chi connectivity index (χ4v) is 1.64. The predicted molar refractivity (Wildman–Crippen MR) is 60.3 cm³/mol. The van der Waals surface area contributed by atoms with Gasteiger partial charge in [0.2, 0.25) is 0 Å². The van der Waals surface area contributed by atoms with Crippen LogP contribution in [0.3, 0.4) is 0 Å². The molecule has 0 aliphatic rings. The summed E-state index contributed by atoms with van der Waals surface area (Å²) >= 11 is 0. The van der Waals surface area contributed by atoms with E-state index in [1.54, 1.807) is 0 Å². The predicted octanol–water partition coefficient (Wildman–Crippen LogP) is 2.48. The molecular weight excluding hydrogens is 172 g/mol. The molecule has 0 aromatic carbocycles. The minimum absolute atomic E-state index is 0.160. The first-order valence-electron chi connectivity index (χ1n) is 5.12. The van der Waals surface area contributed by atoms with Crippen molar-refractivity contribution in [3.8, 4) is 0 Å². The molecule has 2 nitrogen and oxygen atoms in total. The van der Waals surface area contributed by atoms with Gasteiger partial charge in [-0.25, -0.2) is 0 Å². The van der Waals surface area contributed by atoms with Crippen LogP contribution < -0.4 is 5.73 Å². The highest BCUT2D eigenvalue weighted by molar-refractivity contribution is 5.27. The van der Waals surface area contributed by atoms with Gasteiger partial charge >= 0.3 is 0 Å². The van der Waals surface area contributed by atoms with Gasteiger partial charge in [-0.3, -0.25) is 4.98 Å². The molecule has 1 aromatic rings. The Labute approximate surface area is 86.5 Å². The highest BCUT2D eigenvalue weighted by atomic mass is 14.7. The van der Waals surface area contributed by atoms with Crippen LogP contribution in [-0.2, 0) is 6.42 Å². The smallest absolute Gasteiger partial charge is 0.0303 e. The molecule has 0 radical (unpaired) electrons. The van der Waals surface area contributed by atoms with E-state index in [0.29, 0.717) is 5.92 Å². The molecule has 0 amide bonds. The van der Waals surface area contributed by atoms with Crippen LogP contribution in [0.5, 0.6) is 0 Å². The van der Waals surface area contributed by atoms with Crippen molar-refractivity contribution in [2.45, 2.75) is 45.6 Å². The average molecular weight is 192 g/mol. The molecule has 0 spiro atoms. The third kappa shape index (κ3) is 3.11. The largest absolute Gasteiger partial charge is 0.325 e. The number of rotatable bonds is 3. The van der Waals surface area contributed by atoms with Crippen molar-refractivity contribution in [3.63, 3.8) is 0 Å². The molecule has 2 heteroatoms. The summed E-state index contributed by atoms with van der Waals surface area (Å²) in [6.07, 6.45) is 4.67. The van der Waals surface area contributed by atoms with Gasteiger partial charge in [0.05, 0.1) is 0 Å². The van der Waals surface area contributed by atoms with Gasteiger partial charge in [-0.05, 0) is 43.4 Å². The van der Waals surface area contributed by atoms with Crippen molar-refractivity contribution in [2.75, 3.05) is 0 Å². The summed E-state index contributed by atoms with van der Waals surface area (Å²) in [5.41, 5.74) is 8.48. The van der Waals surface area contributed by atoms with Crippen molar-refractivity contribution in [2.24, 2.45) is 5.73 Å². The van der Waals surface area contributed by atoms with Crippen molar-refractivity contribution < 1.29 is 0 Å². The van der Waals surface area contributed by atoms with E-state index in [4.69, 9.17) is 5.73 Å². The summed E-state index contributed by atoms with van der Waals surface area (Å²) in [5, 5.41) is 0. The Balaban J connectivity index is 2.96. The number of hydrogen-bond donors (Lipinski definition) is 1. The molecular formula is C12H20N2. The lowest BCUT2D eigenvalue weighted by Gasteiger charge is -2.21. The molecule has 2 N–H and O–H groups in total. The summed E-state index contributed by atoms with van der Waals surface area (Å²) in [7, 11) is 0. The third-order valence-corrected chi connectivity index (χ3v) is 2.21. The molecule has 0 aliphatic heterocycles. The second kappa shape index (κ2) is 4.09. The minimum atomic E-state index is -0.160. The summed E-state index contributed by atoms with van der Waals surface area (Å²) in [6, 6.07) is 2.09. The van der Waals surface area contributed by atoms with Gasteiger partial charge in [0.15, 0.2) is 0 Å². The van der Waals surface area contributed by atoms with Gasteiger partial charge in [-0.1, -0.05) is 13.8 Å². The van der Waals surface area contributed by atoms with Gasteiger partial charge in [0, 0.05) is 17.9 Å². The zero-order chi connectivity index (χ0) is 10.8. The molecule has 0 unspecified atom stereocenters. The Hall–Kier alpha value is -0.890. The zero-order valence-corrected chi connectivity index (χ0v) is 9.54. The van der Waals surface area contributed by atoms with E-state index in [-0.39, 0.29) is 5.54 Å². The Kier molecular flexibility index (Phi) is 3.27. The first-order chi connectivity index (χ1) is 6.40. The summed E-state index contributed by atoms with van der Waals surface area (Å²) in [4.78, 5) is 4.16. The first kappa shape index (κ1) is 11.2. The monoisotopic (exact) mass is 192 g/mol. The summed E-state index contributed by atoms with van der Waals surface area (Å²) < 4.78 is 0. The number of aromatic nitrogens is 1. The summed E-state index contributed by atoms with van der Waals surface area (Å²) in [5.74, 6) is 0.537. The summed E-state index contributed by atoms with van der Waals surface area (Å²) in [6.45, 7) is 8.49. The molecule has 0 bridgehead atoms. The highest BCUT2D eigenvalue weighted by Gasteiger charge is 2.15. The molecule has 1 aromatic heterocycles. The van der Waals surface area contributed by atoms with Crippen LogP contribution in [0, 0.1) is 0 Å². The molecule has 0 atom stereocenters. The number of pyridine rings is 1. The van der Waals surface area contributed by atoms with Crippen LogP contribution in [0.4, 0.5) is 0 Å². The fraction of sp³-hybridized carbons (Fsp3) is 0.583. The van der Waals surface area contributed by atoms with Crippen LogP contribution >= 0.6 is 0 Å². The van der Waals surface area contributed by atoms with Crippen LogP contribution in [0.15, 0.2) is 18.5 Å². The maximum absolute atomic E-state index is 6.01. The van der Waals surface area contributed by atoms with Gasteiger partial charge in [-0.15, -0.1) is 0 Å². The Bertz CT molecular complexity index is 297. The number of nitrogens with two attached hydrogens (primary N) is 1. The third-order valence-electron chi connectivity index (χ3n) is 2.21. The van der Waals surface area contributed by atoms with E-state index >= 15 is 0 Å². The van der Waals surface area contributed by atoms with Crippen molar-refractivity contribution in [1.82, 2.24) is 4.98 Å². The lowest BCUT2D eigenvalue weighted by atomic mass is 9.90. The van der Waals surface area contributed by atoms with Crippen molar-refractivity contribution in [3.05, 3.63) is 29.6 Å². The molecule has 0 saturated carbocycles. The topological polar surface area (TPSA) is 38.9 Å². The molecule has 1 heterocycles. The molecule has 78 valence electrons. The second-order valence-corrected chi connectivity index (χ2v) is 4.89. The van der Waals surface area contributed by atoms with Crippen LogP contribution in [0.1, 0.15) is 44.7 Å². The quantitative estimate of drug-likeness (QED) is 0.799. The second-order valence-electron chi connectivity index (χ2n) is 4.89. The highest BCUT2D eigenvalue weighted by Crippen LogP contribution is 2.21. The van der Waals surface area contributed by atoms with E-state index in [1.165, 1.54) is 11.1 Å². The lowest BCUT2D eigenvalue weighted by Crippen LogP contribution is -2.34. The van der Waals surface area contributed by atoms with E-state index in [2.05, 4.69) is 24.9 Å². The van der Waals surface area contributed by atoms with E-state index in [9.17, 15) is 0 Å². The molecule has 0 saturated heterocycles. The first-order valence-corrected chi connectivity index (χ1v) is 5.12. The van der Waals surface area contributed by atoms with Crippen molar-refractivity contribution in [1.29, 1.82) is 0 Å². The van der Waals surface area contributed by atoms with Crippen LogP contribution in [-0.4, -0.2) is 10.5 Å². The maximum Gasteiger partial charge on any atom is 0.0303 e. The fourth-order valence-electron chi connectivity index (χ4n) is 1.64. The van der Waals surface area contributed by atoms with Gasteiger partial charge in [0.25, 0.3) is 0 Å². The maximum atomic E-state index is 6.01. The van der Waals surface area contributed by atoms with E-state index < -0.39 is 0 Å². The zero-order valence-electron chi connectivity index (χ0n) is 9.54. The standard InChI is InChI=1S/C12H20N2/c1-9(2)11-5-6-14-8-10(11)7-12(3,4)13/h5-6,8-9H,7,13H2,1-4H3. The van der Waals surface area contributed by atoms with Gasteiger partial charge in [0.1, 0.15) is 0 Å². The normalized spacial score (nSPS) is 12.1. The number of hydrogen-bond acceptors (Lipinski definition) is 2. The molecule has 14 heavy (non-hydrogen) atoms. The Morgan fingerprint density at radius 3 is 2.57 bits per heavy atom. The van der Waals surface area contributed by atoms with Gasteiger partial charge in [-0.2, -0.15) is 0 Å². The van der Waals surface area contributed by atoms with Crippen LogP contribution in [0.2, 0.25) is 0 Å².